The van der Waals surface area contributed by atoms with E-state index in [0.717, 1.165) is 5.56 Å². The van der Waals surface area contributed by atoms with Crippen LogP contribution in [0, 0.1) is 5.92 Å². The third-order valence-electron chi connectivity index (χ3n) is 3.24. The van der Waals surface area contributed by atoms with Crippen molar-refractivity contribution in [3.63, 3.8) is 0 Å². The number of carboxylic acids is 1. The first kappa shape index (κ1) is 15.7. The molecular formula is C15H18N4O3. The number of aromatic nitrogens is 3. The van der Waals surface area contributed by atoms with Crippen LogP contribution in [0.5, 0.6) is 0 Å². The Balaban J connectivity index is 1.82. The minimum absolute atomic E-state index is 0.109. The fourth-order valence-corrected chi connectivity index (χ4v) is 1.95. The topological polar surface area (TPSA) is 97.1 Å². The predicted octanol–water partition coefficient (Wildman–Crippen LogP) is 1.57. The number of rotatable bonds is 7. The van der Waals surface area contributed by atoms with Crippen LogP contribution in [0.2, 0.25) is 0 Å². The van der Waals surface area contributed by atoms with E-state index >= 15 is 0 Å². The molecule has 0 aliphatic heterocycles. The van der Waals surface area contributed by atoms with Gasteiger partial charge in [0.1, 0.15) is 12.7 Å². The van der Waals surface area contributed by atoms with Gasteiger partial charge in [0.25, 0.3) is 0 Å². The summed E-state index contributed by atoms with van der Waals surface area (Å²) in [6.45, 7) is 2.14. The molecule has 2 rings (SSSR count). The Bertz CT molecular complexity index is 623. The Labute approximate surface area is 128 Å². The molecule has 0 radical (unpaired) electrons. The van der Waals surface area contributed by atoms with Crippen LogP contribution in [0.3, 0.4) is 0 Å². The summed E-state index contributed by atoms with van der Waals surface area (Å²) in [4.78, 5) is 26.4. The normalized spacial score (nSPS) is 11.9. The number of amides is 1. The van der Waals surface area contributed by atoms with E-state index < -0.39 is 11.9 Å². The molecule has 0 bridgehead atoms. The zero-order chi connectivity index (χ0) is 15.9. The maximum atomic E-state index is 11.8. The minimum Gasteiger partial charge on any atom is -0.481 e. The lowest BCUT2D eigenvalue weighted by atomic mass is 10.0. The van der Waals surface area contributed by atoms with Crippen LogP contribution in [0.25, 0.3) is 0 Å². The molecule has 0 fully saturated rings. The largest absolute Gasteiger partial charge is 0.481 e. The number of hydrogen-bond donors (Lipinski definition) is 2. The van der Waals surface area contributed by atoms with Crippen LogP contribution in [-0.2, 0) is 22.6 Å². The Morgan fingerprint density at radius 1 is 1.32 bits per heavy atom. The smallest absolute Gasteiger partial charge is 0.306 e. The van der Waals surface area contributed by atoms with Crippen LogP contribution in [0.1, 0.15) is 18.9 Å². The monoisotopic (exact) mass is 302 g/mol. The van der Waals surface area contributed by atoms with Crippen LogP contribution in [0.4, 0.5) is 5.69 Å². The second-order valence-electron chi connectivity index (χ2n) is 5.10. The van der Waals surface area contributed by atoms with Gasteiger partial charge in [-0.2, -0.15) is 5.10 Å². The van der Waals surface area contributed by atoms with E-state index in [9.17, 15) is 9.59 Å². The molecular weight excluding hydrogens is 284 g/mol. The van der Waals surface area contributed by atoms with Crippen molar-refractivity contribution in [2.24, 2.45) is 5.92 Å². The molecule has 0 saturated carbocycles. The Morgan fingerprint density at radius 3 is 2.64 bits per heavy atom. The molecule has 7 heteroatoms. The van der Waals surface area contributed by atoms with Crippen molar-refractivity contribution in [1.29, 1.82) is 0 Å². The molecule has 0 aliphatic carbocycles. The number of carbonyl (C=O) groups excluding carboxylic acids is 1. The summed E-state index contributed by atoms with van der Waals surface area (Å²) >= 11 is 0. The van der Waals surface area contributed by atoms with Crippen molar-refractivity contribution in [1.82, 2.24) is 14.8 Å². The van der Waals surface area contributed by atoms with Crippen molar-refractivity contribution in [2.45, 2.75) is 26.3 Å². The number of carbonyl (C=O) groups is 2. The first-order valence-electron chi connectivity index (χ1n) is 6.98. The van der Waals surface area contributed by atoms with Gasteiger partial charge in [-0.05, 0) is 24.1 Å². The van der Waals surface area contributed by atoms with Gasteiger partial charge in [0.05, 0.1) is 12.5 Å². The van der Waals surface area contributed by atoms with Crippen molar-refractivity contribution in [3.05, 3.63) is 42.5 Å². The zero-order valence-electron chi connectivity index (χ0n) is 12.3. The van der Waals surface area contributed by atoms with Crippen molar-refractivity contribution in [2.75, 3.05) is 5.32 Å². The molecule has 22 heavy (non-hydrogen) atoms. The summed E-state index contributed by atoms with van der Waals surface area (Å²) in [5.74, 6) is -1.35. The molecule has 0 spiro atoms. The number of carboxylic acid groups (broad SMARTS) is 1. The lowest BCUT2D eigenvalue weighted by Crippen LogP contribution is -2.15. The van der Waals surface area contributed by atoms with Gasteiger partial charge in [-0.15, -0.1) is 0 Å². The Hall–Kier alpha value is -2.70. The van der Waals surface area contributed by atoms with E-state index in [1.54, 1.807) is 30.1 Å². The average Bonchev–Trinajstić information content (AvgIpc) is 3.00. The van der Waals surface area contributed by atoms with E-state index in [0.29, 0.717) is 25.1 Å². The van der Waals surface area contributed by atoms with Crippen LogP contribution in [-0.4, -0.2) is 31.7 Å². The molecule has 1 aromatic heterocycles. The molecule has 2 aromatic rings. The predicted molar refractivity (Wildman–Crippen MR) is 80.2 cm³/mol. The van der Waals surface area contributed by atoms with Gasteiger partial charge in [0, 0.05) is 12.1 Å². The number of aliphatic carboxylic acids is 1. The Kier molecular flexibility index (Phi) is 5.24. The van der Waals surface area contributed by atoms with Crippen molar-refractivity contribution >= 4 is 17.6 Å². The molecule has 7 nitrogen and oxygen atoms in total. The summed E-state index contributed by atoms with van der Waals surface area (Å²) in [6, 6.07) is 7.20. The number of hydrogen-bond acceptors (Lipinski definition) is 4. The third-order valence-corrected chi connectivity index (χ3v) is 3.24. The first-order valence-corrected chi connectivity index (χ1v) is 6.98. The molecule has 1 aromatic carbocycles. The van der Waals surface area contributed by atoms with Crippen molar-refractivity contribution in [3.8, 4) is 0 Å². The van der Waals surface area contributed by atoms with Gasteiger partial charge < -0.3 is 10.4 Å². The van der Waals surface area contributed by atoms with Gasteiger partial charge in [-0.3, -0.25) is 14.3 Å². The standard InChI is InChI=1S/C15H18N4O3/c1-11(15(21)22)8-12-2-4-13(5-3-12)18-14(20)6-7-19-10-16-9-17-19/h2-5,9-11H,6-8H2,1H3,(H,18,20)(H,21,22). The highest BCUT2D eigenvalue weighted by Crippen LogP contribution is 2.13. The molecule has 2 N–H and O–H groups in total. The van der Waals surface area contributed by atoms with Gasteiger partial charge in [-0.1, -0.05) is 19.1 Å². The fourth-order valence-electron chi connectivity index (χ4n) is 1.95. The van der Waals surface area contributed by atoms with Gasteiger partial charge in [0.15, 0.2) is 0 Å². The molecule has 0 aliphatic rings. The van der Waals surface area contributed by atoms with E-state index in [4.69, 9.17) is 5.11 Å². The molecule has 1 unspecified atom stereocenters. The molecule has 1 heterocycles. The van der Waals surface area contributed by atoms with E-state index in [1.807, 2.05) is 12.1 Å². The Morgan fingerprint density at radius 2 is 2.05 bits per heavy atom. The lowest BCUT2D eigenvalue weighted by molar-refractivity contribution is -0.141. The summed E-state index contributed by atoms with van der Waals surface area (Å²) in [6.07, 6.45) is 3.76. The van der Waals surface area contributed by atoms with E-state index in [1.165, 1.54) is 6.33 Å². The van der Waals surface area contributed by atoms with Crippen LogP contribution < -0.4 is 5.32 Å². The summed E-state index contributed by atoms with van der Waals surface area (Å²) in [5.41, 5.74) is 1.62. The average molecular weight is 302 g/mol. The second-order valence-corrected chi connectivity index (χ2v) is 5.10. The van der Waals surface area contributed by atoms with Gasteiger partial charge in [-0.25, -0.2) is 4.98 Å². The summed E-state index contributed by atoms with van der Waals surface area (Å²) in [7, 11) is 0. The molecule has 0 saturated heterocycles. The summed E-state index contributed by atoms with van der Waals surface area (Å²) in [5, 5.41) is 15.6. The zero-order valence-corrected chi connectivity index (χ0v) is 12.3. The van der Waals surface area contributed by atoms with E-state index in [2.05, 4.69) is 15.4 Å². The lowest BCUT2D eigenvalue weighted by Gasteiger charge is -2.08. The van der Waals surface area contributed by atoms with E-state index in [-0.39, 0.29) is 5.91 Å². The molecule has 1 amide bonds. The quantitative estimate of drug-likeness (QED) is 0.809. The molecule has 116 valence electrons. The van der Waals surface area contributed by atoms with Gasteiger partial charge in [0.2, 0.25) is 5.91 Å². The third kappa shape index (κ3) is 4.69. The minimum atomic E-state index is -0.814. The van der Waals surface area contributed by atoms with Crippen LogP contribution in [0.15, 0.2) is 36.9 Å². The van der Waals surface area contributed by atoms with Gasteiger partial charge >= 0.3 is 5.97 Å². The SMILES string of the molecule is CC(Cc1ccc(NC(=O)CCn2cncn2)cc1)C(=O)O. The number of nitrogens with zero attached hydrogens (tertiary/aromatic N) is 3. The number of anilines is 1. The maximum absolute atomic E-state index is 11.8. The maximum Gasteiger partial charge on any atom is 0.306 e. The van der Waals surface area contributed by atoms with Crippen molar-refractivity contribution < 1.29 is 14.7 Å². The second kappa shape index (κ2) is 7.35. The summed E-state index contributed by atoms with van der Waals surface area (Å²) < 4.78 is 1.59. The highest BCUT2D eigenvalue weighted by molar-refractivity contribution is 5.90. The fraction of sp³-hybridized carbons (Fsp3) is 0.333. The first-order chi connectivity index (χ1) is 10.5. The highest BCUT2D eigenvalue weighted by Gasteiger charge is 2.11. The van der Waals surface area contributed by atoms with Crippen LogP contribution >= 0.6 is 0 Å². The molecule has 1 atom stereocenters. The number of benzene rings is 1. The number of aryl methyl sites for hydroxylation is 1. The number of nitrogens with one attached hydrogen (secondary N) is 1. The highest BCUT2D eigenvalue weighted by atomic mass is 16.4.